The molecule has 0 radical (unpaired) electrons. The van der Waals surface area contributed by atoms with Gasteiger partial charge >= 0.3 is 0 Å². The van der Waals surface area contributed by atoms with E-state index in [9.17, 15) is 4.79 Å². The van der Waals surface area contributed by atoms with Gasteiger partial charge in [-0.15, -0.1) is 11.3 Å². The molecule has 0 saturated carbocycles. The van der Waals surface area contributed by atoms with Crippen molar-refractivity contribution in [2.45, 2.75) is 6.54 Å². The molecule has 2 aromatic rings. The maximum Gasteiger partial charge on any atom is 0.264 e. The maximum absolute atomic E-state index is 12.3. The summed E-state index contributed by atoms with van der Waals surface area (Å²) in [7, 11) is 3.40. The number of methoxy groups -OCH3 is 1. The number of nitrogens with zero attached hydrogens (tertiary/aromatic N) is 1. The summed E-state index contributed by atoms with van der Waals surface area (Å²) < 4.78 is 6.11. The first-order valence-corrected chi connectivity index (χ1v) is 7.40. The third-order valence-corrected chi connectivity index (χ3v) is 4.40. The molecule has 19 heavy (non-hydrogen) atoms. The third kappa shape index (κ3) is 3.36. The normalized spacial score (nSPS) is 10.3. The fourth-order valence-electron chi connectivity index (χ4n) is 1.68. The Labute approximate surface area is 124 Å². The van der Waals surface area contributed by atoms with Gasteiger partial charge in [0.25, 0.3) is 5.91 Å². The second kappa shape index (κ2) is 6.21. The molecule has 0 unspecified atom stereocenters. The minimum absolute atomic E-state index is 0.00375. The number of hydrogen-bond donors (Lipinski definition) is 0. The Hall–Kier alpha value is -1.33. The Morgan fingerprint density at radius 2 is 2.16 bits per heavy atom. The van der Waals surface area contributed by atoms with Gasteiger partial charge in [0.1, 0.15) is 5.75 Å². The van der Waals surface area contributed by atoms with Gasteiger partial charge < -0.3 is 9.64 Å². The molecule has 0 fully saturated rings. The van der Waals surface area contributed by atoms with Crippen molar-refractivity contribution in [2.24, 2.45) is 0 Å². The fourth-order valence-corrected chi connectivity index (χ4v) is 2.94. The Bertz CT molecular complexity index is 582. The molecule has 1 amide bonds. The summed E-state index contributed by atoms with van der Waals surface area (Å²) in [6.07, 6.45) is 0. The lowest BCUT2D eigenvalue weighted by Gasteiger charge is -2.17. The highest BCUT2D eigenvalue weighted by Gasteiger charge is 2.15. The quantitative estimate of drug-likeness (QED) is 0.847. The van der Waals surface area contributed by atoms with Crippen molar-refractivity contribution in [3.8, 4) is 5.75 Å². The van der Waals surface area contributed by atoms with Crippen LogP contribution in [0.25, 0.3) is 0 Å². The molecule has 0 bridgehead atoms. The van der Waals surface area contributed by atoms with Crippen molar-refractivity contribution >= 4 is 33.2 Å². The van der Waals surface area contributed by atoms with Crippen molar-refractivity contribution in [1.82, 2.24) is 4.90 Å². The van der Waals surface area contributed by atoms with E-state index in [0.29, 0.717) is 11.4 Å². The van der Waals surface area contributed by atoms with Gasteiger partial charge in [-0.05, 0) is 11.6 Å². The Kier molecular flexibility index (Phi) is 4.61. The molecule has 1 heterocycles. The molecule has 1 aromatic heterocycles. The van der Waals surface area contributed by atoms with Crippen molar-refractivity contribution in [1.29, 1.82) is 0 Å². The molecule has 0 spiro atoms. The summed E-state index contributed by atoms with van der Waals surface area (Å²) in [5.41, 5.74) is 1.09. The van der Waals surface area contributed by atoms with Gasteiger partial charge in [0.05, 0.1) is 12.0 Å². The number of rotatable bonds is 4. The summed E-state index contributed by atoms with van der Waals surface area (Å²) >= 11 is 4.89. The van der Waals surface area contributed by atoms with E-state index >= 15 is 0 Å². The van der Waals surface area contributed by atoms with E-state index < -0.39 is 0 Å². The summed E-state index contributed by atoms with van der Waals surface area (Å²) in [5.74, 6) is 0.728. The van der Waals surface area contributed by atoms with Crippen LogP contribution in [0.1, 0.15) is 15.2 Å². The van der Waals surface area contributed by atoms with Crippen LogP contribution in [0.2, 0.25) is 0 Å². The van der Waals surface area contributed by atoms with Crippen molar-refractivity contribution in [2.75, 3.05) is 14.2 Å². The Morgan fingerprint density at radius 1 is 1.42 bits per heavy atom. The van der Waals surface area contributed by atoms with Crippen LogP contribution in [-0.4, -0.2) is 25.0 Å². The van der Waals surface area contributed by atoms with Crippen molar-refractivity contribution in [3.63, 3.8) is 0 Å². The number of hydrogen-bond acceptors (Lipinski definition) is 3. The molecule has 0 saturated heterocycles. The number of carbonyl (C=O) groups is 1. The van der Waals surface area contributed by atoms with Gasteiger partial charge in [-0.25, -0.2) is 0 Å². The summed E-state index contributed by atoms with van der Waals surface area (Å²) in [6.45, 7) is 0.570. The SMILES string of the molecule is COc1csc(C(=O)N(C)Cc2ccccc2Br)c1. The monoisotopic (exact) mass is 339 g/mol. The van der Waals surface area contributed by atoms with E-state index in [4.69, 9.17) is 4.74 Å². The van der Waals surface area contributed by atoms with Crippen LogP contribution in [0.4, 0.5) is 0 Å². The van der Waals surface area contributed by atoms with Gasteiger partial charge in [-0.3, -0.25) is 4.79 Å². The van der Waals surface area contributed by atoms with Gasteiger partial charge in [-0.1, -0.05) is 34.1 Å². The minimum atomic E-state index is 0.00375. The van der Waals surface area contributed by atoms with Crippen LogP contribution in [0.5, 0.6) is 5.75 Å². The predicted molar refractivity (Wildman–Crippen MR) is 80.8 cm³/mol. The number of thiophene rings is 1. The molecule has 0 aliphatic heterocycles. The Balaban J connectivity index is 2.09. The first-order valence-electron chi connectivity index (χ1n) is 5.73. The molecule has 0 N–H and O–H groups in total. The smallest absolute Gasteiger partial charge is 0.264 e. The molecule has 100 valence electrons. The van der Waals surface area contributed by atoms with Gasteiger partial charge in [0.15, 0.2) is 0 Å². The summed E-state index contributed by atoms with van der Waals surface area (Å²) in [5, 5.41) is 1.83. The van der Waals surface area contributed by atoms with E-state index in [1.165, 1.54) is 11.3 Å². The predicted octanol–water partition coefficient (Wildman–Crippen LogP) is 3.79. The summed E-state index contributed by atoms with van der Waals surface area (Å²) in [6, 6.07) is 9.67. The fraction of sp³-hybridized carbons (Fsp3) is 0.214. The van der Waals surface area contributed by atoms with Gasteiger partial charge in [-0.2, -0.15) is 0 Å². The summed E-state index contributed by atoms with van der Waals surface area (Å²) in [4.78, 5) is 14.6. The van der Waals surface area contributed by atoms with Crippen LogP contribution < -0.4 is 4.74 Å². The zero-order valence-electron chi connectivity index (χ0n) is 10.7. The molecule has 1 aromatic carbocycles. The third-order valence-electron chi connectivity index (χ3n) is 2.73. The zero-order chi connectivity index (χ0) is 13.8. The van der Waals surface area contributed by atoms with E-state index in [0.717, 1.165) is 15.8 Å². The highest BCUT2D eigenvalue weighted by atomic mass is 79.9. The van der Waals surface area contributed by atoms with Gasteiger partial charge in [0.2, 0.25) is 0 Å². The van der Waals surface area contributed by atoms with E-state index in [2.05, 4.69) is 15.9 Å². The van der Waals surface area contributed by atoms with Crippen LogP contribution in [0.3, 0.4) is 0 Å². The second-order valence-electron chi connectivity index (χ2n) is 4.10. The maximum atomic E-state index is 12.3. The molecule has 3 nitrogen and oxygen atoms in total. The largest absolute Gasteiger partial charge is 0.496 e. The lowest BCUT2D eigenvalue weighted by molar-refractivity contribution is 0.0789. The molecular formula is C14H14BrNO2S. The van der Waals surface area contributed by atoms with Crippen molar-refractivity contribution < 1.29 is 9.53 Å². The first kappa shape index (κ1) is 14.1. The lowest BCUT2D eigenvalue weighted by atomic mass is 10.2. The highest BCUT2D eigenvalue weighted by molar-refractivity contribution is 9.10. The second-order valence-corrected chi connectivity index (χ2v) is 5.87. The molecule has 5 heteroatoms. The zero-order valence-corrected chi connectivity index (χ0v) is 13.1. The van der Waals surface area contributed by atoms with Crippen LogP contribution in [-0.2, 0) is 6.54 Å². The Morgan fingerprint density at radius 3 is 2.79 bits per heavy atom. The molecule has 0 aliphatic rings. The lowest BCUT2D eigenvalue weighted by Crippen LogP contribution is -2.25. The topological polar surface area (TPSA) is 29.5 Å². The number of carbonyl (C=O) groups excluding carboxylic acids is 1. The van der Waals surface area contributed by atoms with E-state index in [1.807, 2.05) is 29.6 Å². The number of ether oxygens (including phenoxy) is 1. The average Bonchev–Trinajstić information content (AvgIpc) is 2.89. The standard InChI is InChI=1S/C14H14BrNO2S/c1-16(8-10-5-3-4-6-12(10)15)14(17)13-7-11(18-2)9-19-13/h3-7,9H,8H2,1-2H3. The molecule has 0 atom stereocenters. The average molecular weight is 340 g/mol. The van der Waals surface area contributed by atoms with Gasteiger partial charge in [0, 0.05) is 29.5 Å². The minimum Gasteiger partial charge on any atom is -0.496 e. The van der Waals surface area contributed by atoms with Crippen LogP contribution in [0, 0.1) is 0 Å². The van der Waals surface area contributed by atoms with Crippen molar-refractivity contribution in [3.05, 3.63) is 50.6 Å². The van der Waals surface area contributed by atoms with E-state index in [1.54, 1.807) is 25.1 Å². The number of halogens is 1. The number of benzene rings is 1. The van der Waals surface area contributed by atoms with Crippen LogP contribution in [0.15, 0.2) is 40.2 Å². The first-order chi connectivity index (χ1) is 9.11. The number of amides is 1. The molecule has 2 rings (SSSR count). The van der Waals surface area contributed by atoms with E-state index in [-0.39, 0.29) is 5.91 Å². The molecule has 0 aliphatic carbocycles. The van der Waals surface area contributed by atoms with Crippen LogP contribution >= 0.6 is 27.3 Å². The highest BCUT2D eigenvalue weighted by Crippen LogP contribution is 2.23. The molecular weight excluding hydrogens is 326 g/mol.